The highest BCUT2D eigenvalue weighted by Gasteiger charge is 2.41. The minimum absolute atomic E-state index is 0.0436. The second-order valence-electron chi connectivity index (χ2n) is 7.85. The molecule has 2 atom stereocenters. The van der Waals surface area contributed by atoms with E-state index in [2.05, 4.69) is 33.9 Å². The van der Waals surface area contributed by atoms with E-state index in [0.717, 1.165) is 5.57 Å². The third-order valence-electron chi connectivity index (χ3n) is 4.86. The van der Waals surface area contributed by atoms with Crippen LogP contribution in [0.15, 0.2) is 11.6 Å². The zero-order chi connectivity index (χ0) is 19.8. The van der Waals surface area contributed by atoms with Gasteiger partial charge in [0.2, 0.25) is 0 Å². The lowest BCUT2D eigenvalue weighted by atomic mass is 9.93. The molecule has 0 bridgehead atoms. The van der Waals surface area contributed by atoms with Crippen molar-refractivity contribution in [3.05, 3.63) is 11.6 Å². The molecule has 0 saturated heterocycles. The Morgan fingerprint density at radius 2 is 1.68 bits per heavy atom. The van der Waals surface area contributed by atoms with Crippen LogP contribution in [-0.2, 0) is 18.7 Å². The molecule has 25 heavy (non-hydrogen) atoms. The van der Waals surface area contributed by atoms with Gasteiger partial charge in [-0.15, -0.1) is 0 Å². The summed E-state index contributed by atoms with van der Waals surface area (Å²) in [7, 11) is -2.05. The summed E-state index contributed by atoms with van der Waals surface area (Å²) in [5, 5.41) is 0.0436. The Morgan fingerprint density at radius 1 is 1.12 bits per heavy atom. The lowest BCUT2D eigenvalue weighted by molar-refractivity contribution is -0.124. The van der Waals surface area contributed by atoms with E-state index in [1.165, 1.54) is 0 Å². The van der Waals surface area contributed by atoms with Crippen LogP contribution in [0, 0.1) is 5.92 Å². The maximum Gasteiger partial charge on any atom is 0.508 e. The molecule has 0 aromatic rings. The number of Topliss-reactive ketones (excluding diaryl/α,β-unsaturated/α-hetero) is 1. The van der Waals surface area contributed by atoms with Crippen molar-refractivity contribution in [3.8, 4) is 0 Å². The molecular weight excluding hydrogens is 336 g/mol. The first kappa shape index (κ1) is 23.9. The summed E-state index contributed by atoms with van der Waals surface area (Å²) in [5.74, 6) is -0.0688. The van der Waals surface area contributed by atoms with Crippen LogP contribution in [0.2, 0.25) is 18.1 Å². The SMILES string of the molecule is CCOC(=O)OC/C=C(\C)[C@H](O[Si](C)(C)C(C)(C)C)[C@@H](C)C(=O)CC. The van der Waals surface area contributed by atoms with E-state index in [4.69, 9.17) is 13.9 Å². The second kappa shape index (κ2) is 10.1. The molecular formula is C19H36O5Si. The zero-order valence-electron chi connectivity index (χ0n) is 17.4. The zero-order valence-corrected chi connectivity index (χ0v) is 18.4. The van der Waals surface area contributed by atoms with Crippen molar-refractivity contribution in [1.29, 1.82) is 0 Å². The molecule has 5 nitrogen and oxygen atoms in total. The molecule has 0 aliphatic heterocycles. The molecule has 0 unspecified atom stereocenters. The topological polar surface area (TPSA) is 61.8 Å². The highest BCUT2D eigenvalue weighted by atomic mass is 28.4. The Bertz CT molecular complexity index is 477. The van der Waals surface area contributed by atoms with Gasteiger partial charge >= 0.3 is 6.16 Å². The predicted octanol–water partition coefficient (Wildman–Crippen LogP) is 5.11. The quantitative estimate of drug-likeness (QED) is 0.320. The van der Waals surface area contributed by atoms with Gasteiger partial charge in [0.15, 0.2) is 8.32 Å². The van der Waals surface area contributed by atoms with Crippen LogP contribution in [0.1, 0.15) is 54.9 Å². The molecule has 0 N–H and O–H groups in total. The van der Waals surface area contributed by atoms with Gasteiger partial charge in [-0.05, 0) is 43.6 Å². The lowest BCUT2D eigenvalue weighted by Crippen LogP contribution is -2.47. The van der Waals surface area contributed by atoms with Crippen molar-refractivity contribution < 1.29 is 23.5 Å². The molecule has 0 spiro atoms. The highest BCUT2D eigenvalue weighted by Crippen LogP contribution is 2.39. The number of ether oxygens (including phenoxy) is 2. The Hall–Kier alpha value is -1.14. The van der Waals surface area contributed by atoms with E-state index in [1.54, 1.807) is 13.0 Å². The third-order valence-corrected chi connectivity index (χ3v) is 9.31. The van der Waals surface area contributed by atoms with Crippen molar-refractivity contribution in [2.75, 3.05) is 13.2 Å². The number of hydrogen-bond donors (Lipinski definition) is 0. The molecule has 0 saturated carbocycles. The van der Waals surface area contributed by atoms with Gasteiger partial charge in [-0.2, -0.15) is 0 Å². The number of carbonyl (C=O) groups is 2. The van der Waals surface area contributed by atoms with Crippen molar-refractivity contribution in [3.63, 3.8) is 0 Å². The van der Waals surface area contributed by atoms with E-state index in [9.17, 15) is 9.59 Å². The van der Waals surface area contributed by atoms with Gasteiger partial charge < -0.3 is 13.9 Å². The smallest absolute Gasteiger partial charge is 0.435 e. The largest absolute Gasteiger partial charge is 0.508 e. The fourth-order valence-electron chi connectivity index (χ4n) is 2.09. The summed E-state index contributed by atoms with van der Waals surface area (Å²) in [4.78, 5) is 23.6. The summed E-state index contributed by atoms with van der Waals surface area (Å²) < 4.78 is 16.3. The molecule has 0 radical (unpaired) electrons. The van der Waals surface area contributed by atoms with Crippen LogP contribution in [0.5, 0.6) is 0 Å². The molecule has 0 aromatic carbocycles. The number of hydrogen-bond acceptors (Lipinski definition) is 5. The summed E-state index contributed by atoms with van der Waals surface area (Å²) in [6, 6.07) is 0. The van der Waals surface area contributed by atoms with Crippen molar-refractivity contribution in [1.82, 2.24) is 0 Å². The van der Waals surface area contributed by atoms with Crippen LogP contribution in [0.4, 0.5) is 4.79 Å². The normalized spacial score (nSPS) is 15.5. The average Bonchev–Trinajstić information content (AvgIpc) is 2.50. The fourth-order valence-corrected chi connectivity index (χ4v) is 3.47. The third kappa shape index (κ3) is 7.73. The van der Waals surface area contributed by atoms with E-state index in [-0.39, 0.29) is 36.1 Å². The minimum Gasteiger partial charge on any atom is -0.435 e. The van der Waals surface area contributed by atoms with Gasteiger partial charge in [-0.3, -0.25) is 4.79 Å². The predicted molar refractivity (Wildman–Crippen MR) is 103 cm³/mol. The van der Waals surface area contributed by atoms with E-state index < -0.39 is 14.5 Å². The number of carbonyl (C=O) groups excluding carboxylic acids is 2. The molecule has 6 heteroatoms. The van der Waals surface area contributed by atoms with E-state index in [0.29, 0.717) is 6.42 Å². The summed E-state index contributed by atoms with van der Waals surface area (Å²) in [6.45, 7) is 18.7. The maximum atomic E-state index is 12.3. The average molecular weight is 373 g/mol. The fraction of sp³-hybridized carbons (Fsp3) is 0.789. The Morgan fingerprint density at radius 3 is 2.12 bits per heavy atom. The van der Waals surface area contributed by atoms with Crippen molar-refractivity contribution in [2.45, 2.75) is 79.1 Å². The first-order valence-electron chi connectivity index (χ1n) is 9.04. The van der Waals surface area contributed by atoms with Crippen LogP contribution in [0.25, 0.3) is 0 Å². The van der Waals surface area contributed by atoms with Gasteiger partial charge in [0.05, 0.1) is 12.7 Å². The first-order valence-corrected chi connectivity index (χ1v) is 11.9. The first-order chi connectivity index (χ1) is 11.4. The Balaban J connectivity index is 5.31. The Labute approximate surface area is 154 Å². The molecule has 0 aliphatic carbocycles. The summed E-state index contributed by atoms with van der Waals surface area (Å²) in [6.07, 6.45) is 1.28. The van der Waals surface area contributed by atoms with Gasteiger partial charge in [-0.25, -0.2) is 4.79 Å². The molecule has 0 heterocycles. The second-order valence-corrected chi connectivity index (χ2v) is 12.6. The van der Waals surface area contributed by atoms with E-state index >= 15 is 0 Å². The van der Waals surface area contributed by atoms with Crippen LogP contribution < -0.4 is 0 Å². The van der Waals surface area contributed by atoms with Gasteiger partial charge in [0.25, 0.3) is 0 Å². The molecule has 0 amide bonds. The van der Waals surface area contributed by atoms with Gasteiger partial charge in [0.1, 0.15) is 12.4 Å². The molecule has 0 rings (SSSR count). The monoisotopic (exact) mass is 372 g/mol. The molecule has 0 aliphatic rings. The van der Waals surface area contributed by atoms with Crippen LogP contribution in [-0.4, -0.2) is 39.6 Å². The van der Waals surface area contributed by atoms with Crippen LogP contribution in [0.3, 0.4) is 0 Å². The molecule has 0 aromatic heterocycles. The highest BCUT2D eigenvalue weighted by molar-refractivity contribution is 6.74. The van der Waals surface area contributed by atoms with Crippen molar-refractivity contribution in [2.24, 2.45) is 5.92 Å². The summed E-state index contributed by atoms with van der Waals surface area (Å²) >= 11 is 0. The standard InChI is InChI=1S/C19H36O5Si/c1-10-16(20)15(4)17(24-25(8,9)19(5,6)7)14(3)12-13-23-18(21)22-11-2/h12,15,17H,10-11,13H2,1-9H3/b14-12+/t15-,17-/m0/s1. The number of rotatable bonds is 9. The van der Waals surface area contributed by atoms with Crippen molar-refractivity contribution >= 4 is 20.3 Å². The molecule has 146 valence electrons. The van der Waals surface area contributed by atoms with Gasteiger partial charge in [0, 0.05) is 12.3 Å². The van der Waals surface area contributed by atoms with E-state index in [1.807, 2.05) is 20.8 Å². The Kier molecular flexibility index (Phi) is 9.65. The molecule has 0 fully saturated rings. The van der Waals surface area contributed by atoms with Crippen LogP contribution >= 0.6 is 0 Å². The van der Waals surface area contributed by atoms with Gasteiger partial charge in [-0.1, -0.05) is 34.6 Å². The lowest BCUT2D eigenvalue weighted by Gasteiger charge is -2.41. The number of ketones is 1. The summed E-state index contributed by atoms with van der Waals surface area (Å²) in [5.41, 5.74) is 0.906. The maximum absolute atomic E-state index is 12.3. The minimum atomic E-state index is -2.05.